The molecular weight excluding hydrogens is 318 g/mol. The van der Waals surface area contributed by atoms with Crippen LogP contribution >= 0.6 is 22.7 Å². The second-order valence-corrected chi connectivity index (χ2v) is 6.17. The molecule has 1 amide bonds. The Balaban J connectivity index is 1.92. The molecule has 0 fully saturated rings. The zero-order valence-electron chi connectivity index (χ0n) is 11.4. The fourth-order valence-corrected chi connectivity index (χ4v) is 3.16. The van der Waals surface area contributed by atoms with E-state index in [2.05, 4.69) is 21.5 Å². The highest BCUT2D eigenvalue weighted by atomic mass is 32.1. The van der Waals surface area contributed by atoms with E-state index >= 15 is 0 Å². The van der Waals surface area contributed by atoms with E-state index in [1.807, 2.05) is 17.5 Å². The Morgan fingerprint density at radius 3 is 3.00 bits per heavy atom. The van der Waals surface area contributed by atoms with Crippen LogP contribution in [-0.2, 0) is 6.54 Å². The number of carbonyl (C=O) groups is 1. The average molecular weight is 329 g/mol. The summed E-state index contributed by atoms with van der Waals surface area (Å²) in [4.78, 5) is 17.4. The molecule has 3 aromatic heterocycles. The number of amides is 1. The van der Waals surface area contributed by atoms with Crippen molar-refractivity contribution >= 4 is 33.7 Å². The summed E-state index contributed by atoms with van der Waals surface area (Å²) in [5.41, 5.74) is 1.11. The molecule has 0 bridgehead atoms. The van der Waals surface area contributed by atoms with Gasteiger partial charge in [-0.3, -0.25) is 14.8 Å². The summed E-state index contributed by atoms with van der Waals surface area (Å²) in [6.07, 6.45) is 3.66. The molecule has 0 aromatic carbocycles. The molecule has 3 rings (SSSR count). The van der Waals surface area contributed by atoms with Gasteiger partial charge in [0.05, 0.1) is 29.5 Å². The van der Waals surface area contributed by atoms with Crippen molar-refractivity contribution in [2.24, 2.45) is 0 Å². The maximum absolute atomic E-state index is 12.5. The van der Waals surface area contributed by atoms with Crippen molar-refractivity contribution in [2.45, 2.75) is 13.0 Å². The Morgan fingerprint density at radius 2 is 2.32 bits per heavy atom. The zero-order chi connectivity index (χ0) is 15.4. The summed E-state index contributed by atoms with van der Waals surface area (Å²) in [7, 11) is 0. The van der Waals surface area contributed by atoms with Gasteiger partial charge in [0.1, 0.15) is 5.69 Å². The molecule has 3 heterocycles. The average Bonchev–Trinajstić information content (AvgIpc) is 3.25. The van der Waals surface area contributed by atoms with Crippen LogP contribution in [0.25, 0.3) is 10.6 Å². The van der Waals surface area contributed by atoms with Gasteiger partial charge in [-0.25, -0.2) is 4.98 Å². The SMILES string of the molecule is N#CCCn1cc(C(=O)Nc2nccs2)c(-c2cccs2)n1. The van der Waals surface area contributed by atoms with Gasteiger partial charge in [0.2, 0.25) is 0 Å². The second kappa shape index (κ2) is 6.51. The summed E-state index contributed by atoms with van der Waals surface area (Å²) in [6.45, 7) is 0.458. The number of nitrogens with one attached hydrogen (secondary N) is 1. The number of rotatable bonds is 5. The molecule has 0 spiro atoms. The summed E-state index contributed by atoms with van der Waals surface area (Å²) >= 11 is 2.88. The first-order chi connectivity index (χ1) is 10.8. The number of hydrogen-bond donors (Lipinski definition) is 1. The number of thiazole rings is 1. The van der Waals surface area contributed by atoms with Crippen LogP contribution in [0.4, 0.5) is 5.13 Å². The van der Waals surface area contributed by atoms with Crippen LogP contribution in [-0.4, -0.2) is 20.7 Å². The number of anilines is 1. The van der Waals surface area contributed by atoms with Crippen LogP contribution in [0.1, 0.15) is 16.8 Å². The molecule has 8 heteroatoms. The lowest BCUT2D eigenvalue weighted by Gasteiger charge is -2.00. The van der Waals surface area contributed by atoms with Crippen molar-refractivity contribution in [3.63, 3.8) is 0 Å². The van der Waals surface area contributed by atoms with E-state index in [0.29, 0.717) is 29.4 Å². The monoisotopic (exact) mass is 329 g/mol. The van der Waals surface area contributed by atoms with Gasteiger partial charge in [-0.1, -0.05) is 6.07 Å². The van der Waals surface area contributed by atoms with E-state index in [0.717, 1.165) is 4.88 Å². The molecule has 0 atom stereocenters. The van der Waals surface area contributed by atoms with E-state index < -0.39 is 0 Å². The predicted octanol–water partition coefficient (Wildman–Crippen LogP) is 3.23. The quantitative estimate of drug-likeness (QED) is 0.779. The Labute approximate surface area is 134 Å². The van der Waals surface area contributed by atoms with Crippen LogP contribution in [0, 0.1) is 11.3 Å². The van der Waals surface area contributed by atoms with E-state index in [4.69, 9.17) is 5.26 Å². The Kier molecular flexibility index (Phi) is 4.27. The molecule has 3 aromatic rings. The smallest absolute Gasteiger partial charge is 0.261 e. The number of thiophene rings is 1. The topological polar surface area (TPSA) is 83.6 Å². The molecule has 0 aliphatic heterocycles. The lowest BCUT2D eigenvalue weighted by atomic mass is 10.2. The molecule has 0 saturated heterocycles. The van der Waals surface area contributed by atoms with Gasteiger partial charge in [0.15, 0.2) is 5.13 Å². The zero-order valence-corrected chi connectivity index (χ0v) is 13.0. The van der Waals surface area contributed by atoms with Crippen molar-refractivity contribution in [3.05, 3.63) is 40.8 Å². The Hall–Kier alpha value is -2.50. The van der Waals surface area contributed by atoms with Crippen LogP contribution in [0.15, 0.2) is 35.3 Å². The molecule has 0 saturated carbocycles. The van der Waals surface area contributed by atoms with Crippen LogP contribution in [0.2, 0.25) is 0 Å². The lowest BCUT2D eigenvalue weighted by molar-refractivity contribution is 0.102. The van der Waals surface area contributed by atoms with Crippen molar-refractivity contribution in [1.82, 2.24) is 14.8 Å². The van der Waals surface area contributed by atoms with Crippen molar-refractivity contribution < 1.29 is 4.79 Å². The van der Waals surface area contributed by atoms with Crippen LogP contribution < -0.4 is 5.32 Å². The third-order valence-electron chi connectivity index (χ3n) is 2.87. The molecule has 0 aliphatic rings. The summed E-state index contributed by atoms with van der Waals surface area (Å²) in [6, 6.07) is 5.91. The predicted molar refractivity (Wildman–Crippen MR) is 85.8 cm³/mol. The maximum Gasteiger partial charge on any atom is 0.261 e. The Bertz CT molecular complexity index is 799. The van der Waals surface area contributed by atoms with E-state index in [1.165, 1.54) is 22.7 Å². The number of nitriles is 1. The van der Waals surface area contributed by atoms with E-state index in [-0.39, 0.29) is 5.91 Å². The van der Waals surface area contributed by atoms with Crippen LogP contribution in [0.5, 0.6) is 0 Å². The first-order valence-corrected chi connectivity index (χ1v) is 8.23. The van der Waals surface area contributed by atoms with Gasteiger partial charge in [-0.15, -0.1) is 22.7 Å². The minimum Gasteiger partial charge on any atom is -0.298 e. The number of hydrogen-bond acceptors (Lipinski definition) is 6. The fraction of sp³-hybridized carbons (Fsp3) is 0.143. The molecule has 0 unspecified atom stereocenters. The summed E-state index contributed by atoms with van der Waals surface area (Å²) < 4.78 is 1.63. The maximum atomic E-state index is 12.5. The molecular formula is C14H11N5OS2. The second-order valence-electron chi connectivity index (χ2n) is 4.33. The fourth-order valence-electron chi connectivity index (χ4n) is 1.91. The summed E-state index contributed by atoms with van der Waals surface area (Å²) in [5.74, 6) is -0.249. The molecule has 0 aliphatic carbocycles. The normalized spacial score (nSPS) is 10.3. The van der Waals surface area contributed by atoms with Gasteiger partial charge in [0.25, 0.3) is 5.91 Å². The number of aryl methyl sites for hydroxylation is 1. The molecule has 6 nitrogen and oxygen atoms in total. The lowest BCUT2D eigenvalue weighted by Crippen LogP contribution is -2.11. The third-order valence-corrected chi connectivity index (χ3v) is 4.43. The molecule has 1 N–H and O–H groups in total. The first-order valence-electron chi connectivity index (χ1n) is 6.47. The minimum absolute atomic E-state index is 0.249. The number of aromatic nitrogens is 3. The molecule has 0 radical (unpaired) electrons. The Morgan fingerprint density at radius 1 is 1.41 bits per heavy atom. The highest BCUT2D eigenvalue weighted by Crippen LogP contribution is 2.27. The van der Waals surface area contributed by atoms with Crippen molar-refractivity contribution in [3.8, 4) is 16.6 Å². The standard InChI is InChI=1S/C14H11N5OS2/c15-4-2-6-19-9-10(12(18-19)11-3-1-7-21-11)13(20)17-14-16-5-8-22-14/h1,3,5,7-9H,2,6H2,(H,16,17,20). The molecule has 110 valence electrons. The van der Waals surface area contributed by atoms with E-state index in [9.17, 15) is 4.79 Å². The van der Waals surface area contributed by atoms with Gasteiger partial charge in [-0.05, 0) is 11.4 Å². The minimum atomic E-state index is -0.249. The molecule has 22 heavy (non-hydrogen) atoms. The van der Waals surface area contributed by atoms with Crippen LogP contribution in [0.3, 0.4) is 0 Å². The van der Waals surface area contributed by atoms with Crippen molar-refractivity contribution in [1.29, 1.82) is 5.26 Å². The van der Waals surface area contributed by atoms with Gasteiger partial charge in [-0.2, -0.15) is 10.4 Å². The third kappa shape index (κ3) is 3.05. The van der Waals surface area contributed by atoms with Gasteiger partial charge in [0, 0.05) is 17.8 Å². The largest absolute Gasteiger partial charge is 0.298 e. The van der Waals surface area contributed by atoms with Gasteiger partial charge >= 0.3 is 0 Å². The number of nitrogens with zero attached hydrogens (tertiary/aromatic N) is 4. The summed E-state index contributed by atoms with van der Waals surface area (Å²) in [5, 5.41) is 20.2. The highest BCUT2D eigenvalue weighted by molar-refractivity contribution is 7.14. The highest BCUT2D eigenvalue weighted by Gasteiger charge is 2.19. The first kappa shape index (κ1) is 14.4. The van der Waals surface area contributed by atoms with E-state index in [1.54, 1.807) is 22.5 Å². The number of carbonyl (C=O) groups excluding carboxylic acids is 1. The van der Waals surface area contributed by atoms with Gasteiger partial charge < -0.3 is 0 Å². The van der Waals surface area contributed by atoms with Crippen molar-refractivity contribution in [2.75, 3.05) is 5.32 Å².